The summed E-state index contributed by atoms with van der Waals surface area (Å²) in [6.07, 6.45) is 6.60. The normalized spacial score (nSPS) is 12.7. The maximum Gasteiger partial charge on any atom is 0.0147 e. The SMILES string of the molecule is CCC(C)(C)N(C)CCCCCCNC(C)C. The second-order valence-electron chi connectivity index (χ2n) is 6.11. The van der Waals surface area contributed by atoms with E-state index in [1.165, 1.54) is 45.2 Å². The standard InChI is InChI=1S/C15H34N2/c1-7-15(4,5)17(6)13-11-9-8-10-12-16-14(2)3/h14,16H,7-13H2,1-6H3. The topological polar surface area (TPSA) is 15.3 Å². The molecule has 0 aromatic rings. The molecule has 0 bridgehead atoms. The van der Waals surface area contributed by atoms with Crippen LogP contribution >= 0.6 is 0 Å². The highest BCUT2D eigenvalue weighted by Gasteiger charge is 2.19. The Morgan fingerprint density at radius 2 is 1.65 bits per heavy atom. The van der Waals surface area contributed by atoms with Crippen LogP contribution in [-0.2, 0) is 0 Å². The average Bonchev–Trinajstić information content (AvgIpc) is 2.27. The average molecular weight is 242 g/mol. The Balaban J connectivity index is 3.40. The van der Waals surface area contributed by atoms with Gasteiger partial charge in [-0.15, -0.1) is 0 Å². The zero-order valence-electron chi connectivity index (χ0n) is 13.0. The van der Waals surface area contributed by atoms with E-state index in [9.17, 15) is 0 Å². The second-order valence-corrected chi connectivity index (χ2v) is 6.11. The summed E-state index contributed by atoms with van der Waals surface area (Å²) >= 11 is 0. The van der Waals surface area contributed by atoms with Crippen LogP contribution in [0.4, 0.5) is 0 Å². The molecule has 0 aliphatic carbocycles. The molecule has 0 aromatic heterocycles. The molecule has 104 valence electrons. The molecule has 0 fully saturated rings. The van der Waals surface area contributed by atoms with Gasteiger partial charge in [0.25, 0.3) is 0 Å². The van der Waals surface area contributed by atoms with E-state index in [2.05, 4.69) is 51.9 Å². The van der Waals surface area contributed by atoms with Crippen molar-refractivity contribution in [3.05, 3.63) is 0 Å². The number of hydrogen-bond donors (Lipinski definition) is 1. The van der Waals surface area contributed by atoms with Crippen molar-refractivity contribution < 1.29 is 0 Å². The maximum atomic E-state index is 3.47. The minimum atomic E-state index is 0.360. The van der Waals surface area contributed by atoms with E-state index in [1.54, 1.807) is 0 Å². The first kappa shape index (κ1) is 16.9. The monoisotopic (exact) mass is 242 g/mol. The first-order valence-corrected chi connectivity index (χ1v) is 7.34. The molecule has 0 unspecified atom stereocenters. The van der Waals surface area contributed by atoms with Crippen LogP contribution in [0.25, 0.3) is 0 Å². The summed E-state index contributed by atoms with van der Waals surface area (Å²) in [6.45, 7) is 13.8. The summed E-state index contributed by atoms with van der Waals surface area (Å²) in [7, 11) is 2.25. The molecule has 0 heterocycles. The van der Waals surface area contributed by atoms with Gasteiger partial charge in [0, 0.05) is 11.6 Å². The van der Waals surface area contributed by atoms with Gasteiger partial charge in [0.15, 0.2) is 0 Å². The lowest BCUT2D eigenvalue weighted by atomic mass is 9.99. The Morgan fingerprint density at radius 3 is 2.18 bits per heavy atom. The summed E-state index contributed by atoms with van der Waals surface area (Å²) in [6, 6.07) is 0.631. The Bertz CT molecular complexity index is 176. The second kappa shape index (κ2) is 8.93. The lowest BCUT2D eigenvalue weighted by molar-refractivity contribution is 0.148. The predicted octanol–water partition coefficient (Wildman–Crippen LogP) is 3.67. The lowest BCUT2D eigenvalue weighted by Gasteiger charge is -2.34. The molecule has 1 N–H and O–H groups in total. The molecule has 0 saturated carbocycles. The van der Waals surface area contributed by atoms with Crippen molar-refractivity contribution >= 4 is 0 Å². The molecule has 0 radical (unpaired) electrons. The molecule has 0 atom stereocenters. The van der Waals surface area contributed by atoms with Gasteiger partial charge >= 0.3 is 0 Å². The Kier molecular flexibility index (Phi) is 8.89. The van der Waals surface area contributed by atoms with Crippen LogP contribution in [0.15, 0.2) is 0 Å². The van der Waals surface area contributed by atoms with Gasteiger partial charge in [-0.1, -0.05) is 33.6 Å². The van der Waals surface area contributed by atoms with Gasteiger partial charge in [0.1, 0.15) is 0 Å². The van der Waals surface area contributed by atoms with Crippen LogP contribution in [0, 0.1) is 0 Å². The number of hydrogen-bond acceptors (Lipinski definition) is 2. The smallest absolute Gasteiger partial charge is 0.0147 e. The molecular weight excluding hydrogens is 208 g/mol. The Morgan fingerprint density at radius 1 is 1.06 bits per heavy atom. The molecule has 2 heteroatoms. The van der Waals surface area contributed by atoms with Gasteiger partial charge in [0.05, 0.1) is 0 Å². The number of rotatable bonds is 10. The van der Waals surface area contributed by atoms with Crippen LogP contribution in [0.1, 0.15) is 66.7 Å². The molecule has 0 aliphatic rings. The van der Waals surface area contributed by atoms with E-state index in [0.717, 1.165) is 0 Å². The molecule has 2 nitrogen and oxygen atoms in total. The minimum Gasteiger partial charge on any atom is -0.315 e. The summed E-state index contributed by atoms with van der Waals surface area (Å²) in [5, 5.41) is 3.47. The molecule has 17 heavy (non-hydrogen) atoms. The third kappa shape index (κ3) is 8.62. The summed E-state index contributed by atoms with van der Waals surface area (Å²) < 4.78 is 0. The summed E-state index contributed by atoms with van der Waals surface area (Å²) in [5.74, 6) is 0. The number of nitrogens with one attached hydrogen (secondary N) is 1. The molecule has 0 amide bonds. The number of nitrogens with zero attached hydrogens (tertiary/aromatic N) is 1. The summed E-state index contributed by atoms with van der Waals surface area (Å²) in [4.78, 5) is 2.50. The molecule has 0 aromatic carbocycles. The van der Waals surface area contributed by atoms with Gasteiger partial charge in [-0.05, 0) is 53.2 Å². The van der Waals surface area contributed by atoms with Gasteiger partial charge in [-0.2, -0.15) is 0 Å². The summed E-state index contributed by atoms with van der Waals surface area (Å²) in [5.41, 5.74) is 0.360. The van der Waals surface area contributed by atoms with Crippen molar-refractivity contribution in [2.45, 2.75) is 78.3 Å². The van der Waals surface area contributed by atoms with Crippen molar-refractivity contribution in [3.8, 4) is 0 Å². The van der Waals surface area contributed by atoms with Crippen molar-refractivity contribution in [2.24, 2.45) is 0 Å². The highest BCUT2D eigenvalue weighted by Crippen LogP contribution is 2.17. The van der Waals surface area contributed by atoms with E-state index >= 15 is 0 Å². The first-order valence-electron chi connectivity index (χ1n) is 7.34. The van der Waals surface area contributed by atoms with Crippen molar-refractivity contribution in [1.29, 1.82) is 0 Å². The Hall–Kier alpha value is -0.0800. The van der Waals surface area contributed by atoms with E-state index in [4.69, 9.17) is 0 Å². The van der Waals surface area contributed by atoms with Crippen LogP contribution in [0.5, 0.6) is 0 Å². The Labute approximate surface area is 109 Å². The van der Waals surface area contributed by atoms with Crippen molar-refractivity contribution in [1.82, 2.24) is 10.2 Å². The van der Waals surface area contributed by atoms with Gasteiger partial charge < -0.3 is 10.2 Å². The fourth-order valence-electron chi connectivity index (χ4n) is 1.79. The van der Waals surface area contributed by atoms with Crippen LogP contribution in [0.2, 0.25) is 0 Å². The molecule has 0 rings (SSSR count). The zero-order valence-corrected chi connectivity index (χ0v) is 13.0. The van der Waals surface area contributed by atoms with Crippen LogP contribution in [-0.4, -0.2) is 36.6 Å². The highest BCUT2D eigenvalue weighted by atomic mass is 15.2. The molecule has 0 spiro atoms. The van der Waals surface area contributed by atoms with Crippen molar-refractivity contribution in [2.75, 3.05) is 20.1 Å². The molecule has 0 saturated heterocycles. The largest absolute Gasteiger partial charge is 0.315 e. The zero-order chi connectivity index (χ0) is 13.3. The highest BCUT2D eigenvalue weighted by molar-refractivity contribution is 4.76. The van der Waals surface area contributed by atoms with Crippen molar-refractivity contribution in [3.63, 3.8) is 0 Å². The quantitative estimate of drug-likeness (QED) is 0.588. The van der Waals surface area contributed by atoms with Gasteiger partial charge in [-0.3, -0.25) is 0 Å². The first-order chi connectivity index (χ1) is 7.90. The number of unbranched alkanes of at least 4 members (excludes halogenated alkanes) is 3. The maximum absolute atomic E-state index is 3.47. The van der Waals surface area contributed by atoms with Crippen LogP contribution < -0.4 is 5.32 Å². The fourth-order valence-corrected chi connectivity index (χ4v) is 1.79. The lowest BCUT2D eigenvalue weighted by Crippen LogP contribution is -2.40. The predicted molar refractivity (Wildman–Crippen MR) is 78.6 cm³/mol. The van der Waals surface area contributed by atoms with Gasteiger partial charge in [-0.25, -0.2) is 0 Å². The van der Waals surface area contributed by atoms with E-state index < -0.39 is 0 Å². The van der Waals surface area contributed by atoms with E-state index in [0.29, 0.717) is 11.6 Å². The van der Waals surface area contributed by atoms with E-state index in [-0.39, 0.29) is 0 Å². The molecule has 0 aliphatic heterocycles. The van der Waals surface area contributed by atoms with Gasteiger partial charge in [0.2, 0.25) is 0 Å². The van der Waals surface area contributed by atoms with Crippen LogP contribution in [0.3, 0.4) is 0 Å². The third-order valence-corrected chi connectivity index (χ3v) is 3.87. The minimum absolute atomic E-state index is 0.360. The third-order valence-electron chi connectivity index (χ3n) is 3.87. The molecular formula is C15H34N2. The van der Waals surface area contributed by atoms with E-state index in [1.807, 2.05) is 0 Å². The fraction of sp³-hybridized carbons (Fsp3) is 1.00.